The first-order chi connectivity index (χ1) is 13.7. The maximum atomic E-state index is 4.38. The number of fused-ring (bicyclic) bond motifs is 2. The fourth-order valence-corrected chi connectivity index (χ4v) is 3.17. The van der Waals surface area contributed by atoms with Crippen LogP contribution in [0.5, 0.6) is 0 Å². The number of benzene rings is 3. The highest BCUT2D eigenvalue weighted by Gasteiger charge is 1.99. The van der Waals surface area contributed by atoms with Crippen LogP contribution in [0.3, 0.4) is 0 Å². The van der Waals surface area contributed by atoms with Gasteiger partial charge in [0.2, 0.25) is 0 Å². The molecule has 3 aromatic carbocycles. The number of hydrogen-bond acceptors (Lipinski definition) is 2. The lowest BCUT2D eigenvalue weighted by Gasteiger charge is -2.04. The Labute approximate surface area is 165 Å². The highest BCUT2D eigenvalue weighted by Crippen LogP contribution is 2.23. The molecule has 0 spiro atoms. The number of rotatable bonds is 1. The second-order valence-corrected chi connectivity index (χ2v) is 6.98. The number of pyridine rings is 2. The van der Waals surface area contributed by atoms with Crippen LogP contribution in [0.2, 0.25) is 0 Å². The van der Waals surface area contributed by atoms with E-state index in [1.165, 1.54) is 33.0 Å². The molecule has 0 saturated heterocycles. The molecule has 5 rings (SSSR count). The van der Waals surface area contributed by atoms with Crippen LogP contribution in [0.15, 0.2) is 97.3 Å². The summed E-state index contributed by atoms with van der Waals surface area (Å²) < 4.78 is 0. The Balaban J connectivity index is 0.000000151. The fraction of sp³-hybridized carbons (Fsp3) is 0.0769. The second-order valence-electron chi connectivity index (χ2n) is 6.98. The maximum Gasteiger partial charge on any atom is 0.0708 e. The fourth-order valence-electron chi connectivity index (χ4n) is 3.17. The largest absolute Gasteiger partial charge is 0.256 e. The molecule has 5 aromatic rings. The van der Waals surface area contributed by atoms with E-state index >= 15 is 0 Å². The third-order valence-corrected chi connectivity index (χ3v) is 4.75. The van der Waals surface area contributed by atoms with E-state index in [4.69, 9.17) is 0 Å². The van der Waals surface area contributed by atoms with E-state index in [9.17, 15) is 0 Å². The predicted molar refractivity (Wildman–Crippen MR) is 118 cm³/mol. The number of aryl methyl sites for hydroxylation is 2. The molecule has 0 unspecified atom stereocenters. The molecule has 0 N–H and O–H groups in total. The standard InChI is InChI=1S/C16H13N.C10H9N/c1-12-4-6-13(7-5-12)15-9-8-14-3-2-10-17-16(14)11-15;1-8-4-5-9-3-2-6-11-10(9)7-8/h2-11H,1H3;2-7H,1H3. The first kappa shape index (κ1) is 17.9. The molecule has 0 radical (unpaired) electrons. The Morgan fingerprint density at radius 3 is 1.71 bits per heavy atom. The van der Waals surface area contributed by atoms with Gasteiger partial charge in [0.25, 0.3) is 0 Å². The summed E-state index contributed by atoms with van der Waals surface area (Å²) in [6, 6.07) is 29.4. The molecule has 0 aliphatic rings. The van der Waals surface area contributed by atoms with Crippen LogP contribution < -0.4 is 0 Å². The summed E-state index contributed by atoms with van der Waals surface area (Å²) in [7, 11) is 0. The van der Waals surface area contributed by atoms with Crippen molar-refractivity contribution >= 4 is 21.8 Å². The molecule has 0 saturated carbocycles. The Bertz CT molecular complexity index is 1220. The van der Waals surface area contributed by atoms with Gasteiger partial charge in [0.05, 0.1) is 11.0 Å². The van der Waals surface area contributed by atoms with Gasteiger partial charge >= 0.3 is 0 Å². The minimum atomic E-state index is 1.05. The summed E-state index contributed by atoms with van der Waals surface area (Å²) in [6.07, 6.45) is 3.66. The first-order valence-electron chi connectivity index (χ1n) is 9.42. The number of hydrogen-bond donors (Lipinski definition) is 0. The maximum absolute atomic E-state index is 4.38. The monoisotopic (exact) mass is 362 g/mol. The molecular formula is C26H22N2. The molecule has 0 aliphatic heterocycles. The van der Waals surface area contributed by atoms with Gasteiger partial charge in [-0.3, -0.25) is 9.97 Å². The number of nitrogens with zero attached hydrogens (tertiary/aromatic N) is 2. The zero-order chi connectivity index (χ0) is 19.3. The van der Waals surface area contributed by atoms with Crippen LogP contribution in [0.1, 0.15) is 11.1 Å². The summed E-state index contributed by atoms with van der Waals surface area (Å²) in [6.45, 7) is 4.18. The molecule has 0 fully saturated rings. The van der Waals surface area contributed by atoms with E-state index in [1.807, 2.05) is 24.5 Å². The zero-order valence-corrected chi connectivity index (χ0v) is 16.1. The van der Waals surface area contributed by atoms with Gasteiger partial charge in [-0.15, -0.1) is 0 Å². The third-order valence-electron chi connectivity index (χ3n) is 4.75. The van der Waals surface area contributed by atoms with Crippen LogP contribution in [0.4, 0.5) is 0 Å². The average Bonchev–Trinajstić information content (AvgIpc) is 2.74. The van der Waals surface area contributed by atoms with Crippen molar-refractivity contribution in [3.05, 3.63) is 108 Å². The Kier molecular flexibility index (Phi) is 5.11. The molecule has 2 aromatic heterocycles. The molecule has 0 bridgehead atoms. The van der Waals surface area contributed by atoms with Crippen molar-refractivity contribution in [2.75, 3.05) is 0 Å². The summed E-state index contributed by atoms with van der Waals surface area (Å²) in [5, 5.41) is 2.39. The van der Waals surface area contributed by atoms with E-state index in [2.05, 4.69) is 96.6 Å². The quantitative estimate of drug-likeness (QED) is 0.329. The lowest BCUT2D eigenvalue weighted by Crippen LogP contribution is -1.81. The minimum Gasteiger partial charge on any atom is -0.256 e. The molecule has 28 heavy (non-hydrogen) atoms. The first-order valence-corrected chi connectivity index (χ1v) is 9.42. The van der Waals surface area contributed by atoms with E-state index < -0.39 is 0 Å². The van der Waals surface area contributed by atoms with Crippen molar-refractivity contribution in [3.63, 3.8) is 0 Å². The lowest BCUT2D eigenvalue weighted by molar-refractivity contribution is 1.39. The smallest absolute Gasteiger partial charge is 0.0708 e. The van der Waals surface area contributed by atoms with Crippen LogP contribution in [-0.4, -0.2) is 9.97 Å². The zero-order valence-electron chi connectivity index (χ0n) is 16.1. The topological polar surface area (TPSA) is 25.8 Å². The average molecular weight is 362 g/mol. The Morgan fingerprint density at radius 1 is 0.500 bits per heavy atom. The molecule has 2 heterocycles. The van der Waals surface area contributed by atoms with Gasteiger partial charge in [-0.05, 0) is 54.8 Å². The number of aromatic nitrogens is 2. The van der Waals surface area contributed by atoms with Gasteiger partial charge in [-0.25, -0.2) is 0 Å². The molecule has 2 nitrogen and oxygen atoms in total. The van der Waals surface area contributed by atoms with Gasteiger partial charge in [0, 0.05) is 23.2 Å². The van der Waals surface area contributed by atoms with Crippen LogP contribution >= 0.6 is 0 Å². The second kappa shape index (κ2) is 8.01. The molecule has 136 valence electrons. The van der Waals surface area contributed by atoms with E-state index in [1.54, 1.807) is 0 Å². The van der Waals surface area contributed by atoms with Gasteiger partial charge in [0.1, 0.15) is 0 Å². The van der Waals surface area contributed by atoms with Crippen LogP contribution in [0, 0.1) is 13.8 Å². The van der Waals surface area contributed by atoms with Gasteiger partial charge in [0.15, 0.2) is 0 Å². The molecule has 0 aliphatic carbocycles. The molecule has 0 atom stereocenters. The summed E-state index contributed by atoms with van der Waals surface area (Å²) in [4.78, 5) is 8.63. The van der Waals surface area contributed by atoms with E-state index in [-0.39, 0.29) is 0 Å². The summed E-state index contributed by atoms with van der Waals surface area (Å²) in [5.74, 6) is 0. The van der Waals surface area contributed by atoms with E-state index in [0.29, 0.717) is 0 Å². The Hall–Kier alpha value is -3.52. The van der Waals surface area contributed by atoms with Crippen LogP contribution in [0.25, 0.3) is 32.9 Å². The molecular weight excluding hydrogens is 340 g/mol. The lowest BCUT2D eigenvalue weighted by atomic mass is 10.0. The highest BCUT2D eigenvalue weighted by molar-refractivity contribution is 5.84. The summed E-state index contributed by atoms with van der Waals surface area (Å²) >= 11 is 0. The molecule has 0 amide bonds. The van der Waals surface area contributed by atoms with Crippen molar-refractivity contribution in [2.24, 2.45) is 0 Å². The van der Waals surface area contributed by atoms with Crippen molar-refractivity contribution < 1.29 is 0 Å². The third kappa shape index (κ3) is 4.07. The van der Waals surface area contributed by atoms with E-state index in [0.717, 1.165) is 11.0 Å². The highest BCUT2D eigenvalue weighted by atomic mass is 14.6. The minimum absolute atomic E-state index is 1.05. The SMILES string of the molecule is Cc1ccc(-c2ccc3cccnc3c2)cc1.Cc1ccc2cccnc2c1. The van der Waals surface area contributed by atoms with Gasteiger partial charge < -0.3 is 0 Å². The van der Waals surface area contributed by atoms with Crippen molar-refractivity contribution in [2.45, 2.75) is 13.8 Å². The Morgan fingerprint density at radius 2 is 1.04 bits per heavy atom. The summed E-state index contributed by atoms with van der Waals surface area (Å²) in [5.41, 5.74) is 7.13. The normalized spacial score (nSPS) is 10.5. The molecule has 2 heteroatoms. The van der Waals surface area contributed by atoms with Crippen LogP contribution in [-0.2, 0) is 0 Å². The van der Waals surface area contributed by atoms with Gasteiger partial charge in [-0.2, -0.15) is 0 Å². The van der Waals surface area contributed by atoms with Crippen molar-refractivity contribution in [1.82, 2.24) is 9.97 Å². The predicted octanol–water partition coefficient (Wildman–Crippen LogP) is 6.75. The van der Waals surface area contributed by atoms with Gasteiger partial charge in [-0.1, -0.05) is 66.2 Å². The van der Waals surface area contributed by atoms with Crippen molar-refractivity contribution in [3.8, 4) is 11.1 Å². The van der Waals surface area contributed by atoms with Crippen molar-refractivity contribution in [1.29, 1.82) is 0 Å².